The van der Waals surface area contributed by atoms with Crippen molar-refractivity contribution in [3.8, 4) is 6.07 Å². The van der Waals surface area contributed by atoms with E-state index in [9.17, 15) is 0 Å². The molecule has 0 unspecified atom stereocenters. The van der Waals surface area contributed by atoms with Gasteiger partial charge in [-0.3, -0.25) is 0 Å². The Bertz CT molecular complexity index is 357. The van der Waals surface area contributed by atoms with Crippen LogP contribution in [0.3, 0.4) is 0 Å². The zero-order valence-electron chi connectivity index (χ0n) is 9.48. The molecule has 0 spiro atoms. The lowest BCUT2D eigenvalue weighted by Crippen LogP contribution is -1.93. The maximum atomic E-state index is 8.52. The molecule has 0 aromatic heterocycles. The average molecular weight is 231 g/mol. The van der Waals surface area contributed by atoms with Gasteiger partial charge in [0.1, 0.15) is 0 Å². The molecule has 0 atom stereocenters. The van der Waals surface area contributed by atoms with E-state index in [0.29, 0.717) is 6.42 Å². The first-order valence-electron chi connectivity index (χ1n) is 6.01. The van der Waals surface area contributed by atoms with Gasteiger partial charge in [-0.2, -0.15) is 5.26 Å². The summed E-state index contributed by atoms with van der Waals surface area (Å²) in [6.45, 7) is 0. The van der Waals surface area contributed by atoms with E-state index in [1.54, 1.807) is 0 Å². The van der Waals surface area contributed by atoms with Crippen LogP contribution < -0.4 is 0 Å². The fraction of sp³-hybridized carbons (Fsp3) is 0.500. The Morgan fingerprint density at radius 1 is 1.19 bits per heavy atom. The van der Waals surface area contributed by atoms with Gasteiger partial charge in [0.15, 0.2) is 0 Å². The Hall–Kier alpha value is -0.940. The van der Waals surface area contributed by atoms with Crippen LogP contribution in [0.15, 0.2) is 29.2 Å². The maximum Gasteiger partial charge on any atom is 0.0625 e. The first kappa shape index (κ1) is 11.5. The van der Waals surface area contributed by atoms with Crippen molar-refractivity contribution in [3.63, 3.8) is 0 Å². The number of aryl methyl sites for hydroxylation is 1. The van der Waals surface area contributed by atoms with Crippen LogP contribution in [0.25, 0.3) is 0 Å². The minimum Gasteiger partial charge on any atom is -0.198 e. The van der Waals surface area contributed by atoms with Crippen LogP contribution in [0, 0.1) is 11.3 Å². The molecule has 1 aromatic carbocycles. The van der Waals surface area contributed by atoms with Crippen LogP contribution in [0.5, 0.6) is 0 Å². The Morgan fingerprint density at radius 2 is 1.88 bits per heavy atom. The second-order valence-electron chi connectivity index (χ2n) is 4.33. The molecule has 0 bridgehead atoms. The van der Waals surface area contributed by atoms with Gasteiger partial charge in [-0.15, -0.1) is 11.8 Å². The Balaban J connectivity index is 1.88. The molecule has 0 saturated heterocycles. The van der Waals surface area contributed by atoms with Crippen LogP contribution >= 0.6 is 11.8 Å². The first-order chi connectivity index (χ1) is 7.88. The summed E-state index contributed by atoms with van der Waals surface area (Å²) in [7, 11) is 0. The predicted octanol–water partition coefficient (Wildman–Crippen LogP) is 4.18. The van der Waals surface area contributed by atoms with Crippen molar-refractivity contribution in [3.05, 3.63) is 29.8 Å². The summed E-state index contributed by atoms with van der Waals surface area (Å²) in [4.78, 5) is 1.38. The van der Waals surface area contributed by atoms with E-state index in [0.717, 1.165) is 11.7 Å². The number of hydrogen-bond donors (Lipinski definition) is 0. The number of rotatable bonds is 4. The normalized spacial score (nSPS) is 16.2. The van der Waals surface area contributed by atoms with Crippen molar-refractivity contribution < 1.29 is 0 Å². The molecule has 0 amide bonds. The van der Waals surface area contributed by atoms with Crippen molar-refractivity contribution in [2.45, 2.75) is 48.7 Å². The molecule has 16 heavy (non-hydrogen) atoms. The van der Waals surface area contributed by atoms with Gasteiger partial charge >= 0.3 is 0 Å². The van der Waals surface area contributed by atoms with Crippen molar-refractivity contribution >= 4 is 11.8 Å². The third kappa shape index (κ3) is 3.28. The summed E-state index contributed by atoms with van der Waals surface area (Å²) in [5.74, 6) is 0. The van der Waals surface area contributed by atoms with Crippen LogP contribution in [-0.2, 0) is 6.42 Å². The third-order valence-corrected chi connectivity index (χ3v) is 4.40. The zero-order valence-corrected chi connectivity index (χ0v) is 10.3. The van der Waals surface area contributed by atoms with Gasteiger partial charge in [0.05, 0.1) is 6.07 Å². The lowest BCUT2D eigenvalue weighted by Gasteiger charge is -2.08. The molecule has 2 heteroatoms. The van der Waals surface area contributed by atoms with Crippen molar-refractivity contribution in [2.24, 2.45) is 0 Å². The number of benzene rings is 1. The molecule has 1 aliphatic carbocycles. The van der Waals surface area contributed by atoms with Crippen LogP contribution in [0.4, 0.5) is 0 Å². The molecule has 0 heterocycles. The van der Waals surface area contributed by atoms with E-state index in [2.05, 4.69) is 30.3 Å². The average Bonchev–Trinajstić information content (AvgIpc) is 2.81. The number of nitrogens with zero attached hydrogens (tertiary/aromatic N) is 1. The van der Waals surface area contributed by atoms with E-state index in [1.807, 2.05) is 11.8 Å². The molecule has 0 aliphatic heterocycles. The second kappa shape index (κ2) is 5.96. The molecular formula is C14H17NS. The highest BCUT2D eigenvalue weighted by Crippen LogP contribution is 2.34. The summed E-state index contributed by atoms with van der Waals surface area (Å²) >= 11 is 2.02. The fourth-order valence-corrected chi connectivity index (χ4v) is 3.38. The fourth-order valence-electron chi connectivity index (χ4n) is 2.13. The molecular weight excluding hydrogens is 214 g/mol. The monoisotopic (exact) mass is 231 g/mol. The lowest BCUT2D eigenvalue weighted by atomic mass is 10.1. The number of hydrogen-bond acceptors (Lipinski definition) is 2. The van der Waals surface area contributed by atoms with Crippen molar-refractivity contribution in [1.29, 1.82) is 5.26 Å². The van der Waals surface area contributed by atoms with E-state index >= 15 is 0 Å². The van der Waals surface area contributed by atoms with E-state index in [1.165, 1.54) is 36.1 Å². The molecule has 2 rings (SSSR count). The third-order valence-electron chi connectivity index (χ3n) is 3.05. The molecule has 1 nitrogen and oxygen atoms in total. The van der Waals surface area contributed by atoms with Crippen LogP contribution in [0.2, 0.25) is 0 Å². The zero-order chi connectivity index (χ0) is 11.2. The van der Waals surface area contributed by atoms with Crippen LogP contribution in [-0.4, -0.2) is 5.25 Å². The SMILES string of the molecule is N#CCCc1ccc(SC2CCCC2)cc1. The Labute approximate surface area is 102 Å². The van der Waals surface area contributed by atoms with Gasteiger partial charge in [0.2, 0.25) is 0 Å². The number of nitriles is 1. The summed E-state index contributed by atoms with van der Waals surface area (Å²) in [5, 5.41) is 9.36. The molecule has 1 aromatic rings. The van der Waals surface area contributed by atoms with Gasteiger partial charge in [-0.25, -0.2) is 0 Å². The first-order valence-corrected chi connectivity index (χ1v) is 6.89. The molecule has 0 N–H and O–H groups in total. The van der Waals surface area contributed by atoms with Gasteiger partial charge in [0.25, 0.3) is 0 Å². The largest absolute Gasteiger partial charge is 0.198 e. The Kier molecular flexibility index (Phi) is 4.30. The van der Waals surface area contributed by atoms with E-state index in [-0.39, 0.29) is 0 Å². The van der Waals surface area contributed by atoms with Crippen molar-refractivity contribution in [2.75, 3.05) is 0 Å². The van der Waals surface area contributed by atoms with E-state index < -0.39 is 0 Å². The summed E-state index contributed by atoms with van der Waals surface area (Å²) in [6, 6.07) is 10.9. The molecule has 1 aliphatic rings. The van der Waals surface area contributed by atoms with Gasteiger partial charge < -0.3 is 0 Å². The predicted molar refractivity (Wildman–Crippen MR) is 68.5 cm³/mol. The number of thioether (sulfide) groups is 1. The highest BCUT2D eigenvalue weighted by atomic mass is 32.2. The summed E-state index contributed by atoms with van der Waals surface area (Å²) in [6.07, 6.45) is 7.05. The quantitative estimate of drug-likeness (QED) is 0.776. The van der Waals surface area contributed by atoms with Gasteiger partial charge in [-0.1, -0.05) is 25.0 Å². The standard InChI is InChI=1S/C14H17NS/c15-11-3-4-12-7-9-14(10-8-12)16-13-5-1-2-6-13/h7-10,13H,1-6H2. The maximum absolute atomic E-state index is 8.52. The van der Waals surface area contributed by atoms with E-state index in [4.69, 9.17) is 5.26 Å². The van der Waals surface area contributed by atoms with Crippen molar-refractivity contribution in [1.82, 2.24) is 0 Å². The lowest BCUT2D eigenvalue weighted by molar-refractivity contribution is 0.886. The molecule has 0 radical (unpaired) electrons. The van der Waals surface area contributed by atoms with Gasteiger partial charge in [0, 0.05) is 16.6 Å². The Morgan fingerprint density at radius 3 is 2.50 bits per heavy atom. The van der Waals surface area contributed by atoms with Gasteiger partial charge in [-0.05, 0) is 37.0 Å². The minimum absolute atomic E-state index is 0.620. The smallest absolute Gasteiger partial charge is 0.0625 e. The molecule has 1 saturated carbocycles. The summed E-state index contributed by atoms with van der Waals surface area (Å²) in [5.41, 5.74) is 1.28. The minimum atomic E-state index is 0.620. The summed E-state index contributed by atoms with van der Waals surface area (Å²) < 4.78 is 0. The molecule has 1 fully saturated rings. The second-order valence-corrected chi connectivity index (χ2v) is 5.70. The highest BCUT2D eigenvalue weighted by molar-refractivity contribution is 8.00. The van der Waals surface area contributed by atoms with Crippen LogP contribution in [0.1, 0.15) is 37.7 Å². The molecule has 84 valence electrons. The topological polar surface area (TPSA) is 23.8 Å². The highest BCUT2D eigenvalue weighted by Gasteiger charge is 2.15.